The minimum absolute atomic E-state index is 0.246. The molecule has 12 heteroatoms. The van der Waals surface area contributed by atoms with Crippen molar-refractivity contribution in [2.45, 2.75) is 55.9 Å². The largest absolute Gasteiger partial charge is 0.303 e. The van der Waals surface area contributed by atoms with Crippen LogP contribution in [0.15, 0.2) is 47.5 Å². The van der Waals surface area contributed by atoms with E-state index in [0.29, 0.717) is 11.6 Å². The first-order chi connectivity index (χ1) is 18.6. The van der Waals surface area contributed by atoms with E-state index in [-0.39, 0.29) is 5.69 Å². The predicted molar refractivity (Wildman–Crippen MR) is 133 cm³/mol. The van der Waals surface area contributed by atoms with Crippen molar-refractivity contribution in [3.63, 3.8) is 0 Å². The van der Waals surface area contributed by atoms with Gasteiger partial charge in [0.1, 0.15) is 21.7 Å². The number of pyridine rings is 1. The van der Waals surface area contributed by atoms with E-state index in [2.05, 4.69) is 4.98 Å². The van der Waals surface area contributed by atoms with Crippen LogP contribution in [-0.2, 0) is 15.8 Å². The summed E-state index contributed by atoms with van der Waals surface area (Å²) in [4.78, 5) is 17.4. The van der Waals surface area contributed by atoms with Crippen molar-refractivity contribution in [3.05, 3.63) is 88.8 Å². The van der Waals surface area contributed by atoms with Gasteiger partial charge in [-0.15, -0.1) is 0 Å². The molecule has 1 aliphatic carbocycles. The fourth-order valence-electron chi connectivity index (χ4n) is 4.69. The number of carbonyl (C=O) groups excluding carboxylic acids is 1. The van der Waals surface area contributed by atoms with E-state index >= 15 is 0 Å². The Morgan fingerprint density at radius 2 is 1.51 bits per heavy atom. The van der Waals surface area contributed by atoms with E-state index < -0.39 is 69.3 Å². The van der Waals surface area contributed by atoms with Gasteiger partial charge in [-0.25, -0.2) is 35.3 Å². The molecule has 39 heavy (non-hydrogen) atoms. The molecule has 0 saturated heterocycles. The molecule has 0 aliphatic heterocycles. The second-order valence-corrected chi connectivity index (χ2v) is 10.5. The number of anilines is 1. The lowest BCUT2D eigenvalue weighted by Crippen LogP contribution is -2.41. The Kier molecular flexibility index (Phi) is 9.06. The summed E-state index contributed by atoms with van der Waals surface area (Å²) in [5.41, 5.74) is 1.83. The quantitative estimate of drug-likeness (QED) is 0.195. The molecule has 1 heterocycles. The number of nitrogens with zero attached hydrogens (tertiary/aromatic N) is 2. The summed E-state index contributed by atoms with van der Waals surface area (Å²) >= 11 is 0. The molecule has 2 aromatic carbocycles. The molecule has 3 aromatic rings. The number of nitrogens with one attached hydrogen (secondary N) is 1. The van der Waals surface area contributed by atoms with E-state index in [4.69, 9.17) is 0 Å². The van der Waals surface area contributed by atoms with E-state index in [0.717, 1.165) is 43.4 Å². The molecular weight excluding hydrogens is 544 g/mol. The fraction of sp³-hybridized carbons (Fsp3) is 0.333. The monoisotopic (exact) mass is 569 g/mol. The molecule has 2 atom stereocenters. The van der Waals surface area contributed by atoms with Gasteiger partial charge in [-0.05, 0) is 61.6 Å². The first-order valence-electron chi connectivity index (χ1n) is 12.3. The van der Waals surface area contributed by atoms with Crippen LogP contribution in [0.1, 0.15) is 62.2 Å². The average Bonchev–Trinajstić information content (AvgIpc) is 2.95. The highest BCUT2D eigenvalue weighted by molar-refractivity contribution is 7.83. The number of amides is 1. The van der Waals surface area contributed by atoms with Gasteiger partial charge in [0.25, 0.3) is 0 Å². The third-order valence-electron chi connectivity index (χ3n) is 6.78. The van der Waals surface area contributed by atoms with Crippen LogP contribution < -0.4 is 9.62 Å². The highest BCUT2D eigenvalue weighted by atomic mass is 32.2. The Balaban J connectivity index is 1.56. The van der Waals surface area contributed by atoms with Crippen molar-refractivity contribution >= 4 is 22.6 Å². The first kappa shape index (κ1) is 28.8. The lowest BCUT2D eigenvalue weighted by atomic mass is 9.85. The van der Waals surface area contributed by atoms with Crippen LogP contribution in [-0.4, -0.2) is 21.6 Å². The maximum atomic E-state index is 14.1. The molecule has 1 fully saturated rings. The van der Waals surface area contributed by atoms with E-state index in [9.17, 15) is 35.3 Å². The molecule has 4 rings (SSSR count). The summed E-state index contributed by atoms with van der Waals surface area (Å²) in [6.45, 7) is 0.846. The SMILES string of the molecule is CC(c1ccc(C2CCCCC2)cn1)N(C(=O)CNS(=O)c1c(F)c(F)c(F)c(F)c1F)c1ccc(F)cc1. The molecule has 0 radical (unpaired) electrons. The molecule has 5 nitrogen and oxygen atoms in total. The zero-order valence-corrected chi connectivity index (χ0v) is 21.6. The maximum Gasteiger partial charge on any atom is 0.242 e. The van der Waals surface area contributed by atoms with Crippen LogP contribution in [0.5, 0.6) is 0 Å². The Hall–Kier alpha value is -3.25. The molecule has 1 amide bonds. The summed E-state index contributed by atoms with van der Waals surface area (Å²) < 4.78 is 96.6. The fourth-order valence-corrected chi connectivity index (χ4v) is 5.59. The highest BCUT2D eigenvalue weighted by Crippen LogP contribution is 2.33. The molecule has 0 spiro atoms. The van der Waals surface area contributed by atoms with Crippen LogP contribution in [0.3, 0.4) is 0 Å². The molecule has 1 N–H and O–H groups in total. The molecule has 0 bridgehead atoms. The minimum atomic E-state index is -2.97. The van der Waals surface area contributed by atoms with E-state index in [1.165, 1.54) is 23.5 Å². The van der Waals surface area contributed by atoms with Crippen molar-refractivity contribution in [1.82, 2.24) is 9.71 Å². The number of benzene rings is 2. The predicted octanol–water partition coefficient (Wildman–Crippen LogP) is 6.37. The lowest BCUT2D eigenvalue weighted by molar-refractivity contribution is -0.118. The highest BCUT2D eigenvalue weighted by Gasteiger charge is 2.31. The third kappa shape index (κ3) is 6.17. The van der Waals surface area contributed by atoms with Gasteiger partial charge >= 0.3 is 0 Å². The Labute approximate surface area is 223 Å². The summed E-state index contributed by atoms with van der Waals surface area (Å²) in [5, 5.41) is 0. The summed E-state index contributed by atoms with van der Waals surface area (Å²) in [6, 6.07) is 7.93. The van der Waals surface area contributed by atoms with Crippen molar-refractivity contribution in [2.24, 2.45) is 0 Å². The van der Waals surface area contributed by atoms with Gasteiger partial charge in [-0.1, -0.05) is 25.3 Å². The lowest BCUT2D eigenvalue weighted by Gasteiger charge is -2.30. The van der Waals surface area contributed by atoms with Crippen LogP contribution in [0.25, 0.3) is 0 Å². The number of hydrogen-bond acceptors (Lipinski definition) is 3. The standard InChI is InChI=1S/C27H25F6N3O2S/c1-15(20-12-7-17(13-34-20)16-5-3-2-4-6-16)36(19-10-8-18(28)9-11-19)21(37)14-35-39(38)27-25(32)23(30)22(29)24(31)26(27)33/h7-13,15-16,35H,2-6,14H2,1H3. The summed E-state index contributed by atoms with van der Waals surface area (Å²) in [5.74, 6) is -12.4. The number of aromatic nitrogens is 1. The van der Waals surface area contributed by atoms with Crippen LogP contribution in [0, 0.1) is 34.9 Å². The molecule has 1 aliphatic rings. The van der Waals surface area contributed by atoms with Gasteiger partial charge < -0.3 is 4.90 Å². The van der Waals surface area contributed by atoms with E-state index in [1.54, 1.807) is 19.2 Å². The Bertz CT molecular complexity index is 1340. The van der Waals surface area contributed by atoms with Crippen molar-refractivity contribution in [3.8, 4) is 0 Å². The van der Waals surface area contributed by atoms with Crippen molar-refractivity contribution in [2.75, 3.05) is 11.4 Å². The molecule has 208 valence electrons. The topological polar surface area (TPSA) is 62.3 Å². The molecular formula is C27H25F6N3O2S. The van der Waals surface area contributed by atoms with Crippen LogP contribution >= 0.6 is 0 Å². The zero-order valence-electron chi connectivity index (χ0n) is 20.8. The molecule has 1 saturated carbocycles. The van der Waals surface area contributed by atoms with Gasteiger partial charge in [0, 0.05) is 11.9 Å². The minimum Gasteiger partial charge on any atom is -0.303 e. The van der Waals surface area contributed by atoms with Gasteiger partial charge in [-0.2, -0.15) is 0 Å². The summed E-state index contributed by atoms with van der Waals surface area (Å²) in [6.07, 6.45) is 7.40. The Morgan fingerprint density at radius 3 is 2.08 bits per heavy atom. The van der Waals surface area contributed by atoms with Crippen molar-refractivity contribution in [1.29, 1.82) is 0 Å². The van der Waals surface area contributed by atoms with Gasteiger partial charge in [0.15, 0.2) is 23.3 Å². The maximum absolute atomic E-state index is 14.1. The average molecular weight is 570 g/mol. The van der Waals surface area contributed by atoms with Crippen LogP contribution in [0.4, 0.5) is 32.0 Å². The smallest absolute Gasteiger partial charge is 0.242 e. The number of halogens is 6. The number of carbonyl (C=O) groups is 1. The van der Waals surface area contributed by atoms with Crippen molar-refractivity contribution < 1.29 is 35.3 Å². The van der Waals surface area contributed by atoms with E-state index in [1.807, 2.05) is 10.8 Å². The number of rotatable bonds is 8. The van der Waals surface area contributed by atoms with Gasteiger partial charge in [-0.3, -0.25) is 9.78 Å². The van der Waals surface area contributed by atoms with Gasteiger partial charge in [0.05, 0.1) is 18.3 Å². The van der Waals surface area contributed by atoms with Crippen LogP contribution in [0.2, 0.25) is 0 Å². The van der Waals surface area contributed by atoms with Gasteiger partial charge in [0.2, 0.25) is 11.7 Å². The molecule has 1 aromatic heterocycles. The number of hydrogen-bond donors (Lipinski definition) is 1. The first-order valence-corrected chi connectivity index (χ1v) is 13.4. The Morgan fingerprint density at radius 1 is 0.923 bits per heavy atom. The zero-order chi connectivity index (χ0) is 28.3. The summed E-state index contributed by atoms with van der Waals surface area (Å²) in [7, 11) is -2.97. The molecule has 2 unspecified atom stereocenters. The normalized spacial score (nSPS) is 15.7. The second kappa shape index (κ2) is 12.3. The third-order valence-corrected chi connectivity index (χ3v) is 7.92. The second-order valence-electron chi connectivity index (χ2n) is 9.26.